The Labute approximate surface area is 375 Å². The Hall–Kier alpha value is -5.68. The highest BCUT2D eigenvalue weighted by atomic mass is 19.3. The summed E-state index contributed by atoms with van der Waals surface area (Å²) in [6, 6.07) is 7.86. The molecule has 4 saturated heterocycles. The van der Waals surface area contributed by atoms with Gasteiger partial charge in [0, 0.05) is 105 Å². The maximum Gasteiger partial charge on any atom is 0.255 e. The van der Waals surface area contributed by atoms with Crippen molar-refractivity contribution in [2.75, 3.05) is 87.7 Å². The van der Waals surface area contributed by atoms with E-state index in [1.807, 2.05) is 22.8 Å². The van der Waals surface area contributed by atoms with E-state index in [1.54, 1.807) is 31.3 Å². The second kappa shape index (κ2) is 16.6. The molecule has 4 fully saturated rings. The van der Waals surface area contributed by atoms with Gasteiger partial charge in [0.2, 0.25) is 17.7 Å². The number of halogens is 4. The third-order valence-electron chi connectivity index (χ3n) is 15.1. The average molecular weight is 899 g/mol. The minimum absolute atomic E-state index is 0.00931. The molecule has 0 aliphatic carbocycles. The van der Waals surface area contributed by atoms with Crippen LogP contribution in [-0.2, 0) is 27.3 Å². The first-order valence-electron chi connectivity index (χ1n) is 22.7. The van der Waals surface area contributed by atoms with Crippen LogP contribution in [0.25, 0.3) is 6.08 Å². The van der Waals surface area contributed by atoms with E-state index in [2.05, 4.69) is 27.0 Å². The first kappa shape index (κ1) is 43.2. The number of likely N-dealkylation sites (tertiary alicyclic amines) is 1. The molecule has 2 unspecified atom stereocenters. The van der Waals surface area contributed by atoms with Crippen LogP contribution < -0.4 is 25.2 Å². The van der Waals surface area contributed by atoms with Crippen LogP contribution in [0.4, 0.5) is 34.6 Å². The van der Waals surface area contributed by atoms with Gasteiger partial charge in [0.1, 0.15) is 30.0 Å². The second-order valence-electron chi connectivity index (χ2n) is 18.9. The Bertz CT molecular complexity index is 2450. The zero-order valence-electron chi connectivity index (χ0n) is 36.7. The molecule has 10 rings (SSSR count). The summed E-state index contributed by atoms with van der Waals surface area (Å²) in [4.78, 5) is 62.7. The van der Waals surface area contributed by atoms with Gasteiger partial charge in [0.15, 0.2) is 0 Å². The van der Waals surface area contributed by atoms with E-state index in [9.17, 15) is 28.0 Å². The Morgan fingerprint density at radius 1 is 1.03 bits per heavy atom. The number of benzene rings is 3. The van der Waals surface area contributed by atoms with Crippen molar-refractivity contribution in [2.24, 2.45) is 5.41 Å². The summed E-state index contributed by atoms with van der Waals surface area (Å²) in [5.41, 5.74) is 5.35. The van der Waals surface area contributed by atoms with Gasteiger partial charge >= 0.3 is 0 Å². The van der Waals surface area contributed by atoms with Crippen molar-refractivity contribution < 1.29 is 41.5 Å². The zero-order valence-corrected chi connectivity index (χ0v) is 36.7. The minimum Gasteiger partial charge on any atom is -0.489 e. The number of alkyl halides is 2. The number of carbonyl (C=O) groups excluding carboxylic acids is 4. The molecule has 17 heteroatoms. The molecule has 65 heavy (non-hydrogen) atoms. The molecule has 4 amide bonds. The van der Waals surface area contributed by atoms with Crippen LogP contribution in [0, 0.1) is 17.0 Å². The Morgan fingerprint density at radius 3 is 2.48 bits per heavy atom. The predicted molar refractivity (Wildman–Crippen MR) is 236 cm³/mol. The summed E-state index contributed by atoms with van der Waals surface area (Å²) in [5, 5.41) is 5.48. The normalized spacial score (nSPS) is 25.1. The number of amides is 4. The fourth-order valence-electron chi connectivity index (χ4n) is 11.7. The summed E-state index contributed by atoms with van der Waals surface area (Å²) in [6.07, 6.45) is 1.47. The van der Waals surface area contributed by atoms with Gasteiger partial charge in [-0.1, -0.05) is 18.7 Å². The van der Waals surface area contributed by atoms with Gasteiger partial charge in [0.05, 0.1) is 30.9 Å². The summed E-state index contributed by atoms with van der Waals surface area (Å²) >= 11 is 0. The maximum absolute atomic E-state index is 16.3. The fraction of sp³-hybridized carbons (Fsp3) is 0.500. The molecule has 13 nitrogen and oxygen atoms in total. The van der Waals surface area contributed by atoms with Crippen molar-refractivity contribution in [3.63, 3.8) is 0 Å². The van der Waals surface area contributed by atoms with Crippen LogP contribution in [0.1, 0.15) is 76.8 Å². The third-order valence-corrected chi connectivity index (χ3v) is 15.1. The summed E-state index contributed by atoms with van der Waals surface area (Å²) in [7, 11) is 1.78. The molecule has 1 spiro atoms. The molecule has 344 valence electrons. The van der Waals surface area contributed by atoms with Crippen molar-refractivity contribution >= 4 is 46.8 Å². The lowest BCUT2D eigenvalue weighted by Gasteiger charge is -2.55. The van der Waals surface area contributed by atoms with E-state index in [1.165, 1.54) is 21.9 Å². The predicted octanol–water partition coefficient (Wildman–Crippen LogP) is 5.02. The highest BCUT2D eigenvalue weighted by Crippen LogP contribution is 2.47. The number of nitrogens with one attached hydrogen (secondary N) is 2. The molecule has 0 saturated carbocycles. The number of rotatable bonds is 9. The van der Waals surface area contributed by atoms with E-state index >= 15 is 8.78 Å². The quantitative estimate of drug-likeness (QED) is 0.224. The molecule has 4 atom stereocenters. The Morgan fingerprint density at radius 2 is 1.78 bits per heavy atom. The van der Waals surface area contributed by atoms with Gasteiger partial charge in [0.25, 0.3) is 12.3 Å². The van der Waals surface area contributed by atoms with Crippen molar-refractivity contribution in [3.8, 4) is 5.75 Å². The van der Waals surface area contributed by atoms with Gasteiger partial charge in [-0.2, -0.15) is 0 Å². The number of anilines is 3. The number of fused-ring (bicyclic) bond motifs is 5. The molecule has 0 radical (unpaired) electrons. The van der Waals surface area contributed by atoms with Crippen LogP contribution in [0.15, 0.2) is 43.0 Å². The highest BCUT2D eigenvalue weighted by molar-refractivity contribution is 6.06. The van der Waals surface area contributed by atoms with Gasteiger partial charge < -0.3 is 29.7 Å². The monoisotopic (exact) mass is 898 g/mol. The Kier molecular flexibility index (Phi) is 11.1. The van der Waals surface area contributed by atoms with E-state index in [0.717, 1.165) is 40.9 Å². The van der Waals surface area contributed by atoms with Gasteiger partial charge in [-0.25, -0.2) is 17.6 Å². The summed E-state index contributed by atoms with van der Waals surface area (Å²) in [6.45, 7) is 10.5. The highest BCUT2D eigenvalue weighted by Gasteiger charge is 2.47. The number of piperidine rings is 2. The fourth-order valence-corrected chi connectivity index (χ4v) is 11.7. The lowest BCUT2D eigenvalue weighted by molar-refractivity contribution is -0.137. The van der Waals surface area contributed by atoms with E-state index in [0.29, 0.717) is 87.8 Å². The summed E-state index contributed by atoms with van der Waals surface area (Å²) < 4.78 is 66.8. The van der Waals surface area contributed by atoms with Crippen LogP contribution in [0.2, 0.25) is 0 Å². The van der Waals surface area contributed by atoms with Gasteiger partial charge in [-0.3, -0.25) is 34.3 Å². The number of carbonyl (C=O) groups is 4. The van der Waals surface area contributed by atoms with Crippen LogP contribution >= 0.6 is 0 Å². The molecular weight excluding hydrogens is 845 g/mol. The van der Waals surface area contributed by atoms with Gasteiger partial charge in [-0.15, -0.1) is 0 Å². The molecule has 7 aliphatic rings. The number of piperazine rings is 1. The molecule has 2 N–H and O–H groups in total. The third kappa shape index (κ3) is 7.57. The van der Waals surface area contributed by atoms with Crippen LogP contribution in [0.3, 0.4) is 0 Å². The van der Waals surface area contributed by atoms with Crippen LogP contribution in [0.5, 0.6) is 5.75 Å². The molecule has 3 aromatic rings. The number of hydrogen-bond donors (Lipinski definition) is 2. The topological polar surface area (TPSA) is 121 Å². The van der Waals surface area contributed by atoms with Crippen molar-refractivity contribution in [2.45, 2.75) is 76.2 Å². The lowest BCUT2D eigenvalue weighted by atomic mass is 9.71. The smallest absolute Gasteiger partial charge is 0.255 e. The second-order valence-corrected chi connectivity index (χ2v) is 18.9. The lowest BCUT2D eigenvalue weighted by Crippen LogP contribution is -2.62. The maximum atomic E-state index is 16.3. The van der Waals surface area contributed by atoms with E-state index < -0.39 is 48.6 Å². The number of ether oxygens (including phenoxy) is 1. The first-order valence-corrected chi connectivity index (χ1v) is 22.7. The molecule has 7 heterocycles. The molecule has 0 bridgehead atoms. The van der Waals surface area contributed by atoms with E-state index in [-0.39, 0.29) is 54.3 Å². The largest absolute Gasteiger partial charge is 0.489 e. The molecular formula is C48H54F4N8O5. The minimum atomic E-state index is -2.69. The molecule has 0 aromatic heterocycles. The molecule has 7 aliphatic heterocycles. The first-order chi connectivity index (χ1) is 31.2. The SMILES string of the molecule is C=Cc1c(NC)ccc2c1C[C@@H](C)N(CC(F)F)C2c1c(F)cc(N2CC3(CCN(C(=O)CN4CCN5c6cc7c(cc6OC[C@@H]5C4)C(=O)N(C4CCC(=O)NC4=O)C7)CC3)C2)cc1F. The zero-order chi connectivity index (χ0) is 45.5. The van der Waals surface area contributed by atoms with Crippen LogP contribution in [-0.4, -0.2) is 140 Å². The number of nitrogens with zero attached hydrogens (tertiary/aromatic N) is 6. The number of imide groups is 1. The van der Waals surface area contributed by atoms with E-state index in [4.69, 9.17) is 4.74 Å². The van der Waals surface area contributed by atoms with Crippen molar-refractivity contribution in [1.82, 2.24) is 24.9 Å². The summed E-state index contributed by atoms with van der Waals surface area (Å²) in [5.74, 6) is -1.88. The molecule has 3 aromatic carbocycles. The van der Waals surface area contributed by atoms with Crippen molar-refractivity contribution in [3.05, 3.63) is 88.0 Å². The standard InChI is InChI=1S/C48H54F4N8O5/c1-4-31-34-15-27(2)59(22-41(51)52)45(32(34)5-6-37(31)53-3)44-35(49)17-29(18-36(44)50)57-25-48(26-57)9-11-56(12-10-48)43(62)23-55-13-14-58-30(21-55)24-65-40-19-33-28(16-39(40)58)20-60(47(33)64)38-7-8-42(61)54-46(38)63/h4-6,16-19,27,30,38,41,45,53H,1,7-15,20-26H2,2-3H3,(H,54,61,63)/t27-,30+,38?,45?/m1/s1. The van der Waals surface area contributed by atoms with Gasteiger partial charge in [-0.05, 0) is 79.6 Å². The Balaban J connectivity index is 0.748. The van der Waals surface area contributed by atoms with Crippen molar-refractivity contribution in [1.29, 1.82) is 0 Å². The number of hydrogen-bond acceptors (Lipinski definition) is 10. The average Bonchev–Trinajstić information content (AvgIpc) is 3.58.